The average molecular weight is 366 g/mol. The summed E-state index contributed by atoms with van der Waals surface area (Å²) < 4.78 is 5.42. The van der Waals surface area contributed by atoms with Gasteiger partial charge in [0.05, 0.1) is 10.6 Å². The molecule has 0 aliphatic heterocycles. The van der Waals surface area contributed by atoms with Crippen molar-refractivity contribution in [1.82, 2.24) is 0 Å². The first-order valence-electron chi connectivity index (χ1n) is 8.81. The van der Waals surface area contributed by atoms with E-state index in [0.717, 1.165) is 16.7 Å². The van der Waals surface area contributed by atoms with E-state index in [1.165, 1.54) is 0 Å². The highest BCUT2D eigenvalue weighted by Crippen LogP contribution is 2.28. The van der Waals surface area contributed by atoms with E-state index in [9.17, 15) is 4.79 Å². The number of rotatable bonds is 3. The Bertz CT molecular complexity index is 575. The van der Waals surface area contributed by atoms with E-state index in [-0.39, 0.29) is 5.03 Å². The Balaban J connectivity index is 0. The van der Waals surface area contributed by atoms with E-state index >= 15 is 0 Å². The van der Waals surface area contributed by atoms with Crippen molar-refractivity contribution in [2.45, 2.75) is 67.9 Å². The number of aryl methyl sites for hydroxylation is 1. The molecule has 0 bridgehead atoms. The maximum absolute atomic E-state index is 12.4. The summed E-state index contributed by atoms with van der Waals surface area (Å²) in [7, 11) is 0. The number of benzene rings is 1. The summed E-state index contributed by atoms with van der Waals surface area (Å²) in [5, 5.41) is 0.151. The molecule has 1 aromatic carbocycles. The average Bonchev–Trinajstić information content (AvgIpc) is 2.55. The number of thiol groups is 1. The Labute approximate surface area is 159 Å². The third kappa shape index (κ3) is 9.40. The highest BCUT2D eigenvalue weighted by atomic mass is 32.1. The number of hydrogen-bond donors (Lipinski definition) is 2. The number of carbonyl (C=O) groups excluding carboxylic acids is 1. The third-order valence-electron chi connectivity index (χ3n) is 2.78. The maximum Gasteiger partial charge on any atom is 0.341 e. The van der Waals surface area contributed by atoms with Gasteiger partial charge in [0, 0.05) is 0 Å². The molecule has 1 rings (SSSR count). The normalized spacial score (nSPS) is 12.0. The monoisotopic (exact) mass is 365 g/mol. The Hall–Kier alpha value is -1.68. The van der Waals surface area contributed by atoms with Crippen molar-refractivity contribution >= 4 is 24.2 Å². The summed E-state index contributed by atoms with van der Waals surface area (Å²) in [6.07, 6.45) is 1.84. The van der Waals surface area contributed by atoms with E-state index in [0.29, 0.717) is 5.57 Å². The van der Waals surface area contributed by atoms with E-state index < -0.39 is 11.6 Å². The lowest BCUT2D eigenvalue weighted by molar-refractivity contribution is -0.149. The van der Waals surface area contributed by atoms with Crippen molar-refractivity contribution in [1.29, 1.82) is 0 Å². The number of hydrogen-bond acceptors (Lipinski definition) is 4. The quantitative estimate of drug-likeness (QED) is 0.304. The first-order chi connectivity index (χ1) is 11.7. The van der Waals surface area contributed by atoms with Crippen molar-refractivity contribution < 1.29 is 9.53 Å². The van der Waals surface area contributed by atoms with Crippen molar-refractivity contribution in [3.63, 3.8) is 0 Å². The second kappa shape index (κ2) is 12.6. The van der Waals surface area contributed by atoms with Crippen molar-refractivity contribution in [3.8, 4) is 0 Å². The van der Waals surface area contributed by atoms with Crippen LogP contribution in [0.2, 0.25) is 0 Å². The summed E-state index contributed by atoms with van der Waals surface area (Å²) in [5.41, 5.74) is 8.28. The lowest BCUT2D eigenvalue weighted by Gasteiger charge is -2.22. The molecule has 0 radical (unpaired) electrons. The van der Waals surface area contributed by atoms with Crippen LogP contribution in [0.1, 0.15) is 66.5 Å². The molecule has 0 unspecified atom stereocenters. The number of allylic oxidation sites excluding steroid dienone is 1. The fourth-order valence-electron chi connectivity index (χ4n) is 1.87. The topological polar surface area (TPSA) is 52.3 Å². The predicted molar refractivity (Wildman–Crippen MR) is 114 cm³/mol. The molecule has 142 valence electrons. The fraction of sp³-hybridized carbons (Fsp3) is 0.476. The van der Waals surface area contributed by atoms with Crippen LogP contribution >= 0.6 is 12.6 Å². The fourth-order valence-corrected chi connectivity index (χ4v) is 2.08. The predicted octanol–water partition coefficient (Wildman–Crippen LogP) is 5.89. The lowest BCUT2D eigenvalue weighted by atomic mass is 9.97. The largest absolute Gasteiger partial charge is 0.456 e. The van der Waals surface area contributed by atoms with Crippen molar-refractivity contribution in [2.75, 3.05) is 0 Å². The zero-order valence-corrected chi connectivity index (χ0v) is 18.1. The van der Waals surface area contributed by atoms with E-state index in [2.05, 4.69) is 12.6 Å². The van der Waals surface area contributed by atoms with Gasteiger partial charge in [-0.25, -0.2) is 4.79 Å². The maximum atomic E-state index is 12.4. The molecule has 1 aromatic rings. The molecule has 0 atom stereocenters. The van der Waals surface area contributed by atoms with Crippen LogP contribution in [0.5, 0.6) is 0 Å². The van der Waals surface area contributed by atoms with E-state index in [1.54, 1.807) is 0 Å². The molecule has 0 fully saturated rings. The molecule has 25 heavy (non-hydrogen) atoms. The van der Waals surface area contributed by atoms with Gasteiger partial charge < -0.3 is 10.5 Å². The van der Waals surface area contributed by atoms with Crippen LogP contribution in [-0.4, -0.2) is 11.6 Å². The molecule has 0 saturated heterocycles. The van der Waals surface area contributed by atoms with Crippen LogP contribution in [0.3, 0.4) is 0 Å². The lowest BCUT2D eigenvalue weighted by Crippen LogP contribution is -2.26. The minimum absolute atomic E-state index is 0.151. The van der Waals surface area contributed by atoms with Crippen LogP contribution in [0.15, 0.2) is 40.9 Å². The van der Waals surface area contributed by atoms with Crippen molar-refractivity contribution in [3.05, 3.63) is 52.1 Å². The molecule has 0 saturated carbocycles. The SMILES string of the molecule is C/C=C(\C(C(=O)OC(C)(C)C)=C(\N)S)c1ccc(C)cc1.CC.CC. The van der Waals surface area contributed by atoms with Gasteiger partial charge in [0.1, 0.15) is 5.60 Å². The Morgan fingerprint density at radius 3 is 1.84 bits per heavy atom. The van der Waals surface area contributed by atoms with Gasteiger partial charge in [-0.3, -0.25) is 0 Å². The molecule has 0 aromatic heterocycles. The minimum atomic E-state index is -0.586. The van der Waals surface area contributed by atoms with Gasteiger partial charge in [0.25, 0.3) is 0 Å². The second-order valence-corrected chi connectivity index (χ2v) is 6.31. The van der Waals surface area contributed by atoms with E-state index in [4.69, 9.17) is 10.5 Å². The Morgan fingerprint density at radius 1 is 1.08 bits per heavy atom. The van der Waals surface area contributed by atoms with Gasteiger partial charge in [0.15, 0.2) is 0 Å². The van der Waals surface area contributed by atoms with Gasteiger partial charge in [-0.05, 0) is 45.8 Å². The summed E-state index contributed by atoms with van der Waals surface area (Å²) >= 11 is 4.16. The molecule has 0 aliphatic rings. The molecule has 0 aliphatic carbocycles. The van der Waals surface area contributed by atoms with Crippen LogP contribution in [-0.2, 0) is 9.53 Å². The molecule has 0 heterocycles. The van der Waals surface area contributed by atoms with Gasteiger partial charge >= 0.3 is 5.97 Å². The summed E-state index contributed by atoms with van der Waals surface area (Å²) in [5.74, 6) is -0.469. The van der Waals surface area contributed by atoms with Crippen molar-refractivity contribution in [2.24, 2.45) is 5.73 Å². The van der Waals surface area contributed by atoms with Gasteiger partial charge in [0.2, 0.25) is 0 Å². The third-order valence-corrected chi connectivity index (χ3v) is 3.00. The first-order valence-corrected chi connectivity index (χ1v) is 9.26. The van der Waals surface area contributed by atoms with Gasteiger partial charge in [-0.15, -0.1) is 12.6 Å². The molecular weight excluding hydrogens is 330 g/mol. The highest BCUT2D eigenvalue weighted by molar-refractivity contribution is 7.84. The Morgan fingerprint density at radius 2 is 1.52 bits per heavy atom. The van der Waals surface area contributed by atoms with Crippen LogP contribution in [0.4, 0.5) is 0 Å². The zero-order chi connectivity index (χ0) is 20.2. The highest BCUT2D eigenvalue weighted by Gasteiger charge is 2.24. The zero-order valence-electron chi connectivity index (χ0n) is 17.2. The number of nitrogens with two attached hydrogens (primary N) is 1. The molecular formula is C21H35NO2S. The standard InChI is InChI=1S/C17H23NO2S.2C2H6/c1-6-13(12-9-7-11(2)8-10-12)14(15(18)21)16(19)20-17(3,4)5;2*1-2/h6-10,21H,18H2,1-5H3;2*1-2H3/b13-6-,15-14+;;. The van der Waals surface area contributed by atoms with Gasteiger partial charge in [-0.1, -0.05) is 63.6 Å². The molecule has 2 N–H and O–H groups in total. The van der Waals surface area contributed by atoms with Gasteiger partial charge in [-0.2, -0.15) is 0 Å². The summed E-state index contributed by atoms with van der Waals surface area (Å²) in [6.45, 7) is 17.3. The molecule has 3 nitrogen and oxygen atoms in total. The first kappa shape index (κ1) is 25.6. The van der Waals surface area contributed by atoms with E-state index in [1.807, 2.05) is 92.7 Å². The smallest absolute Gasteiger partial charge is 0.341 e. The van der Waals surface area contributed by atoms with Crippen LogP contribution in [0, 0.1) is 6.92 Å². The molecule has 4 heteroatoms. The minimum Gasteiger partial charge on any atom is -0.456 e. The number of esters is 1. The molecule has 0 amide bonds. The molecule has 0 spiro atoms. The summed E-state index contributed by atoms with van der Waals surface area (Å²) in [4.78, 5) is 12.4. The number of carbonyl (C=O) groups is 1. The van der Waals surface area contributed by atoms with Crippen LogP contribution < -0.4 is 5.73 Å². The number of ether oxygens (including phenoxy) is 1. The van der Waals surface area contributed by atoms with Crippen LogP contribution in [0.25, 0.3) is 5.57 Å². The second-order valence-electron chi connectivity index (χ2n) is 5.83. The Kier molecular flexibility index (Phi) is 12.9. The summed E-state index contributed by atoms with van der Waals surface area (Å²) in [6, 6.07) is 7.87.